The molecule has 0 spiro atoms. The second-order valence-electron chi connectivity index (χ2n) is 11.1. The van der Waals surface area contributed by atoms with Gasteiger partial charge in [-0.1, -0.05) is 39.3 Å². The first-order valence-electron chi connectivity index (χ1n) is 11.5. The summed E-state index contributed by atoms with van der Waals surface area (Å²) >= 11 is 0. The first kappa shape index (κ1) is 18.7. The first-order chi connectivity index (χ1) is 12.4. The summed E-state index contributed by atoms with van der Waals surface area (Å²) in [7, 11) is 0. The molecule has 0 saturated heterocycles. The van der Waals surface area contributed by atoms with E-state index in [0.717, 1.165) is 41.9 Å². The van der Waals surface area contributed by atoms with Gasteiger partial charge in [-0.15, -0.1) is 12.3 Å². The Labute approximate surface area is 162 Å². The summed E-state index contributed by atoms with van der Waals surface area (Å²) in [6.45, 7) is 10.3. The van der Waals surface area contributed by atoms with Crippen molar-refractivity contribution in [1.29, 1.82) is 0 Å². The van der Waals surface area contributed by atoms with Gasteiger partial charge in [-0.05, 0) is 104 Å². The van der Waals surface area contributed by atoms with Crippen LogP contribution in [0.15, 0.2) is 11.6 Å². The molecule has 4 rings (SSSR count). The van der Waals surface area contributed by atoms with Gasteiger partial charge in [0.2, 0.25) is 0 Å². The number of terminal acetylenes is 1. The first-order valence-corrected chi connectivity index (χ1v) is 11.5. The molecule has 0 aromatic rings. The third-order valence-electron chi connectivity index (χ3n) is 9.85. The van der Waals surface area contributed by atoms with Crippen molar-refractivity contribution < 1.29 is 0 Å². The lowest BCUT2D eigenvalue weighted by Crippen LogP contribution is -2.50. The molecule has 0 amide bonds. The van der Waals surface area contributed by atoms with Gasteiger partial charge < -0.3 is 0 Å². The summed E-state index contributed by atoms with van der Waals surface area (Å²) in [4.78, 5) is 0. The zero-order valence-corrected chi connectivity index (χ0v) is 17.7. The lowest BCUT2D eigenvalue weighted by molar-refractivity contribution is -0.0520. The largest absolute Gasteiger partial charge is 0.120 e. The maximum atomic E-state index is 5.56. The number of hydrogen-bond donors (Lipinski definition) is 0. The highest BCUT2D eigenvalue weighted by Gasteiger charge is 2.58. The molecule has 0 N–H and O–H groups in total. The zero-order chi connectivity index (χ0) is 18.5. The smallest absolute Gasteiger partial charge is 0.00887 e. The normalized spacial score (nSPS) is 48.6. The van der Waals surface area contributed by atoms with E-state index in [1.807, 2.05) is 5.57 Å². The molecule has 0 unspecified atom stereocenters. The molecule has 144 valence electrons. The van der Waals surface area contributed by atoms with Crippen LogP contribution in [0.2, 0.25) is 0 Å². The molecule has 3 fully saturated rings. The minimum atomic E-state index is 0.532. The molecule has 0 radical (unpaired) electrons. The SMILES string of the molecule is C#CCC[C@@H](C)[C@H]1CC[C@H]2[C@@H]3CC=C4C[C@@H](C)CC[C@]4(C)[C@H]3CC[C@]12C. The van der Waals surface area contributed by atoms with Crippen LogP contribution >= 0.6 is 0 Å². The minimum absolute atomic E-state index is 0.532. The Morgan fingerprint density at radius 2 is 1.96 bits per heavy atom. The standard InChI is InChI=1S/C26H40/c1-6-7-8-19(3)22-11-12-23-21-10-9-20-17-18(2)13-15-25(20,4)24(21)14-16-26(22,23)5/h1,9,18-19,21-24H,7-8,10-17H2,2-5H3/t18-,19+,21-,22+,23-,24-,25-,26+/m0/s1. The van der Waals surface area contributed by atoms with E-state index in [1.54, 1.807) is 0 Å². The summed E-state index contributed by atoms with van der Waals surface area (Å²) in [5.41, 5.74) is 2.96. The lowest BCUT2D eigenvalue weighted by atomic mass is 9.46. The third kappa shape index (κ3) is 2.72. The van der Waals surface area contributed by atoms with E-state index < -0.39 is 0 Å². The van der Waals surface area contributed by atoms with Crippen LogP contribution in [0, 0.1) is 58.7 Å². The fraction of sp³-hybridized carbons (Fsp3) is 0.846. The van der Waals surface area contributed by atoms with Crippen LogP contribution in [0.4, 0.5) is 0 Å². The van der Waals surface area contributed by atoms with Crippen molar-refractivity contribution in [3.63, 3.8) is 0 Å². The average Bonchev–Trinajstić information content (AvgIpc) is 2.97. The Kier molecular flexibility index (Phi) is 4.82. The molecule has 0 nitrogen and oxygen atoms in total. The van der Waals surface area contributed by atoms with Gasteiger partial charge in [0, 0.05) is 6.42 Å². The van der Waals surface area contributed by atoms with Gasteiger partial charge >= 0.3 is 0 Å². The molecular formula is C26H40. The molecule has 0 aromatic heterocycles. The Hall–Kier alpha value is -0.700. The summed E-state index contributed by atoms with van der Waals surface area (Å²) in [5, 5.41) is 0. The Bertz CT molecular complexity index is 606. The third-order valence-corrected chi connectivity index (χ3v) is 9.85. The zero-order valence-electron chi connectivity index (χ0n) is 17.7. The summed E-state index contributed by atoms with van der Waals surface area (Å²) < 4.78 is 0. The van der Waals surface area contributed by atoms with E-state index in [4.69, 9.17) is 6.42 Å². The van der Waals surface area contributed by atoms with Crippen LogP contribution in [-0.4, -0.2) is 0 Å². The Balaban J connectivity index is 1.57. The van der Waals surface area contributed by atoms with Crippen LogP contribution in [0.3, 0.4) is 0 Å². The molecule has 4 aliphatic rings. The quantitative estimate of drug-likeness (QED) is 0.370. The second-order valence-corrected chi connectivity index (χ2v) is 11.1. The maximum Gasteiger partial charge on any atom is 0.00887 e. The highest BCUT2D eigenvalue weighted by atomic mass is 14.6. The predicted octanol–water partition coefficient (Wildman–Crippen LogP) is 7.25. The highest BCUT2D eigenvalue weighted by Crippen LogP contribution is 2.67. The summed E-state index contributed by atoms with van der Waals surface area (Å²) in [6.07, 6.45) is 22.0. The second kappa shape index (κ2) is 6.72. The maximum absolute atomic E-state index is 5.56. The molecule has 0 aromatic carbocycles. The Morgan fingerprint density at radius 3 is 2.73 bits per heavy atom. The van der Waals surface area contributed by atoms with Crippen molar-refractivity contribution in [2.75, 3.05) is 0 Å². The van der Waals surface area contributed by atoms with E-state index in [-0.39, 0.29) is 0 Å². The number of fused-ring (bicyclic) bond motifs is 5. The van der Waals surface area contributed by atoms with Crippen molar-refractivity contribution in [3.05, 3.63) is 11.6 Å². The molecule has 26 heavy (non-hydrogen) atoms. The van der Waals surface area contributed by atoms with E-state index in [0.29, 0.717) is 10.8 Å². The van der Waals surface area contributed by atoms with Gasteiger partial charge in [-0.3, -0.25) is 0 Å². The van der Waals surface area contributed by atoms with Crippen molar-refractivity contribution in [2.24, 2.45) is 46.3 Å². The van der Waals surface area contributed by atoms with Crippen molar-refractivity contribution in [1.82, 2.24) is 0 Å². The van der Waals surface area contributed by atoms with Crippen LogP contribution in [0.5, 0.6) is 0 Å². The monoisotopic (exact) mass is 352 g/mol. The topological polar surface area (TPSA) is 0 Å². The van der Waals surface area contributed by atoms with Crippen LogP contribution in [-0.2, 0) is 0 Å². The van der Waals surface area contributed by atoms with Crippen LogP contribution < -0.4 is 0 Å². The molecule has 0 aliphatic heterocycles. The van der Waals surface area contributed by atoms with Gasteiger partial charge in [0.25, 0.3) is 0 Å². The number of hydrogen-bond acceptors (Lipinski definition) is 0. The number of rotatable bonds is 3. The van der Waals surface area contributed by atoms with E-state index in [2.05, 4.69) is 39.7 Å². The molecule has 0 heteroatoms. The van der Waals surface area contributed by atoms with Crippen LogP contribution in [0.1, 0.15) is 91.9 Å². The molecular weight excluding hydrogens is 312 g/mol. The van der Waals surface area contributed by atoms with Gasteiger partial charge in [-0.2, -0.15) is 0 Å². The minimum Gasteiger partial charge on any atom is -0.120 e. The summed E-state index contributed by atoms with van der Waals surface area (Å²) in [5.74, 6) is 8.40. The highest BCUT2D eigenvalue weighted by molar-refractivity contribution is 5.25. The average molecular weight is 353 g/mol. The molecule has 8 atom stereocenters. The van der Waals surface area contributed by atoms with E-state index in [1.165, 1.54) is 57.8 Å². The van der Waals surface area contributed by atoms with Gasteiger partial charge in [0.05, 0.1) is 0 Å². The fourth-order valence-electron chi connectivity index (χ4n) is 8.33. The van der Waals surface area contributed by atoms with Gasteiger partial charge in [0.15, 0.2) is 0 Å². The van der Waals surface area contributed by atoms with Gasteiger partial charge in [0.1, 0.15) is 0 Å². The van der Waals surface area contributed by atoms with E-state index in [9.17, 15) is 0 Å². The summed E-state index contributed by atoms with van der Waals surface area (Å²) in [6, 6.07) is 0. The predicted molar refractivity (Wildman–Crippen MR) is 112 cm³/mol. The van der Waals surface area contributed by atoms with Gasteiger partial charge in [-0.25, -0.2) is 0 Å². The molecule has 4 aliphatic carbocycles. The van der Waals surface area contributed by atoms with Crippen molar-refractivity contribution >= 4 is 0 Å². The number of allylic oxidation sites excluding steroid dienone is 2. The van der Waals surface area contributed by atoms with Crippen molar-refractivity contribution in [2.45, 2.75) is 91.9 Å². The van der Waals surface area contributed by atoms with E-state index >= 15 is 0 Å². The lowest BCUT2D eigenvalue weighted by Gasteiger charge is -2.58. The van der Waals surface area contributed by atoms with Crippen molar-refractivity contribution in [3.8, 4) is 12.3 Å². The Morgan fingerprint density at radius 1 is 1.15 bits per heavy atom. The molecule has 0 bridgehead atoms. The fourth-order valence-corrected chi connectivity index (χ4v) is 8.33. The van der Waals surface area contributed by atoms with Crippen LogP contribution in [0.25, 0.3) is 0 Å². The molecule has 0 heterocycles. The molecule has 3 saturated carbocycles.